The molecule has 0 amide bonds. The molecule has 0 aromatic carbocycles. The van der Waals surface area contributed by atoms with E-state index in [9.17, 15) is 0 Å². The maximum absolute atomic E-state index is 2.54. The molecule has 3 atom stereocenters. The monoisotopic (exact) mass is 169 g/mol. The van der Waals surface area contributed by atoms with Crippen molar-refractivity contribution in [2.45, 2.75) is 46.1 Å². The number of nitrogens with zero attached hydrogens (tertiary/aromatic N) is 1. The highest BCUT2D eigenvalue weighted by molar-refractivity contribution is 4.84. The normalized spacial score (nSPS) is 34.0. The zero-order valence-corrected chi connectivity index (χ0v) is 9.01. The molecule has 0 radical (unpaired) electrons. The Kier molecular flexibility index (Phi) is 3.57. The zero-order chi connectivity index (χ0) is 9.14. The lowest BCUT2D eigenvalue weighted by Crippen LogP contribution is -2.24. The molecule has 0 aliphatic carbocycles. The summed E-state index contributed by atoms with van der Waals surface area (Å²) in [5, 5.41) is 0. The summed E-state index contributed by atoms with van der Waals surface area (Å²) < 4.78 is 0. The van der Waals surface area contributed by atoms with Gasteiger partial charge in [-0.3, -0.25) is 0 Å². The smallest absolute Gasteiger partial charge is 0.00929 e. The summed E-state index contributed by atoms with van der Waals surface area (Å²) in [6, 6.07) is 0.865. The summed E-state index contributed by atoms with van der Waals surface area (Å²) in [4.78, 5) is 2.54. The third-order valence-electron chi connectivity index (χ3n) is 3.64. The van der Waals surface area contributed by atoms with Crippen LogP contribution in [0.4, 0.5) is 0 Å². The molecule has 12 heavy (non-hydrogen) atoms. The second kappa shape index (κ2) is 4.27. The molecule has 0 aromatic heterocycles. The fourth-order valence-electron chi connectivity index (χ4n) is 2.35. The Labute approximate surface area is 77.1 Å². The molecule has 1 aliphatic heterocycles. The Morgan fingerprint density at radius 3 is 2.50 bits per heavy atom. The molecule has 0 spiro atoms. The average Bonchev–Trinajstić information content (AvgIpc) is 2.45. The van der Waals surface area contributed by atoms with Crippen LogP contribution in [0, 0.1) is 11.8 Å². The van der Waals surface area contributed by atoms with Crippen molar-refractivity contribution < 1.29 is 0 Å². The summed E-state index contributed by atoms with van der Waals surface area (Å²) in [7, 11) is 2.27. The maximum atomic E-state index is 2.54. The Morgan fingerprint density at radius 2 is 2.08 bits per heavy atom. The molecule has 1 heterocycles. The predicted octanol–water partition coefficient (Wildman–Crippen LogP) is 2.76. The van der Waals surface area contributed by atoms with E-state index >= 15 is 0 Å². The Balaban J connectivity index is 2.42. The third-order valence-corrected chi connectivity index (χ3v) is 3.64. The first-order valence-corrected chi connectivity index (χ1v) is 5.39. The van der Waals surface area contributed by atoms with Crippen LogP contribution in [0.3, 0.4) is 0 Å². The molecule has 0 saturated carbocycles. The number of likely N-dealkylation sites (tertiary alicyclic amines) is 1. The van der Waals surface area contributed by atoms with Crippen molar-refractivity contribution >= 4 is 0 Å². The standard InChI is InChI=1S/C11H23N/c1-5-9(3)10-7-11(6-2)12(4)8-10/h9-11H,5-8H2,1-4H3. The van der Waals surface area contributed by atoms with Gasteiger partial charge in [0.2, 0.25) is 0 Å². The minimum Gasteiger partial charge on any atom is -0.303 e. The van der Waals surface area contributed by atoms with Crippen molar-refractivity contribution in [2.24, 2.45) is 11.8 Å². The van der Waals surface area contributed by atoms with Gasteiger partial charge in [-0.2, -0.15) is 0 Å². The van der Waals surface area contributed by atoms with Gasteiger partial charge in [-0.1, -0.05) is 27.2 Å². The first kappa shape index (κ1) is 10.0. The van der Waals surface area contributed by atoms with Crippen LogP contribution in [0.2, 0.25) is 0 Å². The van der Waals surface area contributed by atoms with Gasteiger partial charge in [0.25, 0.3) is 0 Å². The lowest BCUT2D eigenvalue weighted by atomic mass is 9.89. The lowest BCUT2D eigenvalue weighted by Gasteiger charge is -2.16. The van der Waals surface area contributed by atoms with Gasteiger partial charge in [0, 0.05) is 12.6 Å². The lowest BCUT2D eigenvalue weighted by molar-refractivity contribution is 0.292. The number of hydrogen-bond donors (Lipinski definition) is 0. The van der Waals surface area contributed by atoms with Gasteiger partial charge in [-0.05, 0) is 31.7 Å². The molecule has 72 valence electrons. The fraction of sp³-hybridized carbons (Fsp3) is 1.00. The van der Waals surface area contributed by atoms with Crippen LogP contribution in [0.15, 0.2) is 0 Å². The van der Waals surface area contributed by atoms with Crippen LogP contribution in [0.1, 0.15) is 40.0 Å². The highest BCUT2D eigenvalue weighted by Crippen LogP contribution is 2.30. The molecule has 3 unspecified atom stereocenters. The van der Waals surface area contributed by atoms with Crippen LogP contribution in [0.5, 0.6) is 0 Å². The van der Waals surface area contributed by atoms with E-state index in [4.69, 9.17) is 0 Å². The molecule has 1 rings (SSSR count). The summed E-state index contributed by atoms with van der Waals surface area (Å²) in [5.41, 5.74) is 0. The van der Waals surface area contributed by atoms with Crippen molar-refractivity contribution in [1.29, 1.82) is 0 Å². The average molecular weight is 169 g/mol. The summed E-state index contributed by atoms with van der Waals surface area (Å²) >= 11 is 0. The Bertz CT molecular complexity index is 133. The summed E-state index contributed by atoms with van der Waals surface area (Å²) in [6.45, 7) is 8.34. The van der Waals surface area contributed by atoms with Crippen molar-refractivity contribution in [3.63, 3.8) is 0 Å². The van der Waals surface area contributed by atoms with Gasteiger partial charge in [-0.25, -0.2) is 0 Å². The molecule has 0 bridgehead atoms. The highest BCUT2D eigenvalue weighted by atomic mass is 15.2. The minimum absolute atomic E-state index is 0.865. The third kappa shape index (κ3) is 2.01. The van der Waals surface area contributed by atoms with Gasteiger partial charge in [0.1, 0.15) is 0 Å². The highest BCUT2D eigenvalue weighted by Gasteiger charge is 2.30. The van der Waals surface area contributed by atoms with Crippen molar-refractivity contribution in [1.82, 2.24) is 4.90 Å². The molecule has 1 saturated heterocycles. The van der Waals surface area contributed by atoms with E-state index in [2.05, 4.69) is 32.7 Å². The van der Waals surface area contributed by atoms with E-state index in [1.165, 1.54) is 25.8 Å². The number of hydrogen-bond acceptors (Lipinski definition) is 1. The van der Waals surface area contributed by atoms with Gasteiger partial charge >= 0.3 is 0 Å². The largest absolute Gasteiger partial charge is 0.303 e. The zero-order valence-electron chi connectivity index (χ0n) is 9.01. The van der Waals surface area contributed by atoms with Gasteiger partial charge in [0.05, 0.1) is 0 Å². The molecule has 1 nitrogen and oxygen atoms in total. The van der Waals surface area contributed by atoms with Gasteiger partial charge in [-0.15, -0.1) is 0 Å². The van der Waals surface area contributed by atoms with Crippen LogP contribution in [0.25, 0.3) is 0 Å². The van der Waals surface area contributed by atoms with Crippen molar-refractivity contribution in [3.05, 3.63) is 0 Å². The predicted molar refractivity (Wildman–Crippen MR) is 54.3 cm³/mol. The van der Waals surface area contributed by atoms with Crippen LogP contribution in [-0.4, -0.2) is 24.5 Å². The van der Waals surface area contributed by atoms with Crippen molar-refractivity contribution in [3.8, 4) is 0 Å². The maximum Gasteiger partial charge on any atom is 0.00929 e. The molecular formula is C11H23N. The van der Waals surface area contributed by atoms with E-state index in [1.807, 2.05) is 0 Å². The Hall–Kier alpha value is -0.0400. The van der Waals surface area contributed by atoms with Crippen LogP contribution in [-0.2, 0) is 0 Å². The van der Waals surface area contributed by atoms with E-state index in [0.29, 0.717) is 0 Å². The molecule has 0 N–H and O–H groups in total. The molecule has 1 fully saturated rings. The topological polar surface area (TPSA) is 3.24 Å². The van der Waals surface area contributed by atoms with E-state index in [-0.39, 0.29) is 0 Å². The van der Waals surface area contributed by atoms with Crippen LogP contribution < -0.4 is 0 Å². The van der Waals surface area contributed by atoms with Crippen molar-refractivity contribution in [2.75, 3.05) is 13.6 Å². The second-order valence-corrected chi connectivity index (χ2v) is 4.38. The van der Waals surface area contributed by atoms with Gasteiger partial charge in [0.15, 0.2) is 0 Å². The Morgan fingerprint density at radius 1 is 1.42 bits per heavy atom. The molecule has 1 heteroatoms. The minimum atomic E-state index is 0.865. The van der Waals surface area contributed by atoms with E-state index < -0.39 is 0 Å². The molecule has 0 aromatic rings. The first-order chi connectivity index (χ1) is 5.69. The number of rotatable bonds is 3. The first-order valence-electron chi connectivity index (χ1n) is 5.39. The fourth-order valence-corrected chi connectivity index (χ4v) is 2.35. The van der Waals surface area contributed by atoms with Gasteiger partial charge < -0.3 is 4.90 Å². The van der Waals surface area contributed by atoms with Crippen LogP contribution >= 0.6 is 0 Å². The molecular weight excluding hydrogens is 146 g/mol. The van der Waals surface area contributed by atoms with E-state index in [1.54, 1.807) is 0 Å². The quantitative estimate of drug-likeness (QED) is 0.628. The molecule has 1 aliphatic rings. The SMILES string of the molecule is CCC(C)C1CC(CC)N(C)C1. The summed E-state index contributed by atoms with van der Waals surface area (Å²) in [5.74, 6) is 1.88. The summed E-state index contributed by atoms with van der Waals surface area (Å²) in [6.07, 6.45) is 4.10. The van der Waals surface area contributed by atoms with E-state index in [0.717, 1.165) is 17.9 Å². The second-order valence-electron chi connectivity index (χ2n) is 4.38.